The van der Waals surface area contributed by atoms with E-state index in [1.807, 2.05) is 37.3 Å². The van der Waals surface area contributed by atoms with Gasteiger partial charge in [-0.25, -0.2) is 4.79 Å². The van der Waals surface area contributed by atoms with E-state index in [4.69, 9.17) is 0 Å². The van der Waals surface area contributed by atoms with Gasteiger partial charge in [-0.3, -0.25) is 19.8 Å². The fraction of sp³-hybridized carbons (Fsp3) is 0.158. The zero-order valence-electron chi connectivity index (χ0n) is 13.6. The molecule has 0 bridgehead atoms. The molecule has 0 spiro atoms. The van der Waals surface area contributed by atoms with E-state index in [0.717, 1.165) is 22.2 Å². The Morgan fingerprint density at radius 3 is 2.80 bits per heavy atom. The van der Waals surface area contributed by atoms with Gasteiger partial charge in [0.05, 0.1) is 35.9 Å². The highest BCUT2D eigenvalue weighted by molar-refractivity contribution is 6.11. The van der Waals surface area contributed by atoms with Crippen LogP contribution in [0.25, 0.3) is 10.8 Å². The maximum atomic E-state index is 13.1. The van der Waals surface area contributed by atoms with Gasteiger partial charge >= 0.3 is 6.03 Å². The number of nitriles is 1. The topological polar surface area (TPSA) is 73.1 Å². The lowest BCUT2D eigenvalue weighted by atomic mass is 10.1. The van der Waals surface area contributed by atoms with Gasteiger partial charge in [0.2, 0.25) is 0 Å². The summed E-state index contributed by atoms with van der Waals surface area (Å²) >= 11 is 0. The Bertz CT molecular complexity index is 1000. The molecule has 2 amide bonds. The van der Waals surface area contributed by atoms with Crippen LogP contribution < -0.4 is 9.80 Å². The zero-order valence-corrected chi connectivity index (χ0v) is 13.6. The van der Waals surface area contributed by atoms with Crippen molar-refractivity contribution in [1.82, 2.24) is 9.97 Å². The molecule has 25 heavy (non-hydrogen) atoms. The molecule has 3 aromatic rings. The van der Waals surface area contributed by atoms with Crippen molar-refractivity contribution in [3.63, 3.8) is 0 Å². The summed E-state index contributed by atoms with van der Waals surface area (Å²) in [5.74, 6) is 0. The van der Waals surface area contributed by atoms with Gasteiger partial charge in [-0.05, 0) is 19.1 Å². The van der Waals surface area contributed by atoms with Crippen LogP contribution in [0.3, 0.4) is 0 Å². The van der Waals surface area contributed by atoms with E-state index >= 15 is 0 Å². The van der Waals surface area contributed by atoms with E-state index in [1.54, 1.807) is 29.6 Å². The van der Waals surface area contributed by atoms with E-state index < -0.39 is 6.04 Å². The molecule has 1 fully saturated rings. The number of urea groups is 1. The fourth-order valence-corrected chi connectivity index (χ4v) is 3.22. The van der Waals surface area contributed by atoms with Crippen LogP contribution in [0.2, 0.25) is 0 Å². The quantitative estimate of drug-likeness (QED) is 0.723. The Balaban J connectivity index is 1.83. The minimum absolute atomic E-state index is 0.235. The molecule has 1 unspecified atom stereocenters. The highest BCUT2D eigenvalue weighted by Crippen LogP contribution is 2.33. The molecule has 2 aromatic heterocycles. The van der Waals surface area contributed by atoms with Gasteiger partial charge < -0.3 is 0 Å². The third kappa shape index (κ3) is 2.37. The lowest BCUT2D eigenvalue weighted by Gasteiger charge is -2.21. The van der Waals surface area contributed by atoms with Gasteiger partial charge in [0, 0.05) is 23.2 Å². The number of carbonyl (C=O) groups excluding carboxylic acids is 1. The molecule has 6 heteroatoms. The number of anilines is 2. The fourth-order valence-electron chi connectivity index (χ4n) is 3.22. The molecule has 4 rings (SSSR count). The van der Waals surface area contributed by atoms with Gasteiger partial charge in [-0.2, -0.15) is 5.26 Å². The second-order valence-electron chi connectivity index (χ2n) is 5.90. The molecule has 0 N–H and O–H groups in total. The molecule has 0 saturated carbocycles. The summed E-state index contributed by atoms with van der Waals surface area (Å²) in [6, 6.07) is 12.8. The SMILES string of the molecule is Cc1ncccc1N1CC(C#N)N(c2cncc3ccccc23)C1=O. The minimum Gasteiger partial charge on any atom is -0.289 e. The molecule has 0 radical (unpaired) electrons. The molecular formula is C19H15N5O. The molecule has 1 aliphatic heterocycles. The van der Waals surface area contributed by atoms with Crippen molar-refractivity contribution in [2.24, 2.45) is 0 Å². The van der Waals surface area contributed by atoms with Crippen LogP contribution in [0, 0.1) is 18.3 Å². The molecular weight excluding hydrogens is 314 g/mol. The molecule has 1 aromatic carbocycles. The number of carbonyl (C=O) groups is 1. The maximum Gasteiger partial charge on any atom is 0.330 e. The van der Waals surface area contributed by atoms with E-state index in [0.29, 0.717) is 12.2 Å². The molecule has 1 saturated heterocycles. The Labute approximate surface area is 145 Å². The first-order chi connectivity index (χ1) is 12.2. The summed E-state index contributed by atoms with van der Waals surface area (Å²) in [6.45, 7) is 2.15. The minimum atomic E-state index is -0.584. The molecule has 0 aliphatic carbocycles. The Hall–Kier alpha value is -3.46. The van der Waals surface area contributed by atoms with Gasteiger partial charge in [0.25, 0.3) is 0 Å². The average Bonchev–Trinajstić information content (AvgIpc) is 2.98. The summed E-state index contributed by atoms with van der Waals surface area (Å²) < 4.78 is 0. The normalized spacial score (nSPS) is 17.1. The third-order valence-corrected chi connectivity index (χ3v) is 4.43. The number of amides is 2. The predicted octanol–water partition coefficient (Wildman–Crippen LogP) is 3.28. The van der Waals surface area contributed by atoms with Crippen LogP contribution in [-0.4, -0.2) is 28.6 Å². The number of aryl methyl sites for hydroxylation is 1. The standard InChI is InChI=1S/C19H15N5O/c1-13-17(7-4-8-22-13)23-12-15(9-20)24(19(23)25)18-11-21-10-14-5-2-3-6-16(14)18/h2-8,10-11,15H,12H2,1H3. The van der Waals surface area contributed by atoms with Gasteiger partial charge in [-0.1, -0.05) is 24.3 Å². The zero-order chi connectivity index (χ0) is 17.4. The van der Waals surface area contributed by atoms with Gasteiger partial charge in [-0.15, -0.1) is 0 Å². The molecule has 1 aliphatic rings. The van der Waals surface area contributed by atoms with Crippen LogP contribution in [-0.2, 0) is 0 Å². The molecule has 6 nitrogen and oxygen atoms in total. The highest BCUT2D eigenvalue weighted by atomic mass is 16.2. The summed E-state index contributed by atoms with van der Waals surface area (Å²) in [6.07, 6.45) is 5.08. The summed E-state index contributed by atoms with van der Waals surface area (Å²) in [5, 5.41) is 11.4. The Morgan fingerprint density at radius 2 is 2.00 bits per heavy atom. The Kier molecular flexibility index (Phi) is 3.55. The maximum absolute atomic E-state index is 13.1. The third-order valence-electron chi connectivity index (χ3n) is 4.43. The largest absolute Gasteiger partial charge is 0.330 e. The van der Waals surface area contributed by atoms with E-state index in [1.165, 1.54) is 4.90 Å². The van der Waals surface area contributed by atoms with Gasteiger partial charge in [0.15, 0.2) is 0 Å². The van der Waals surface area contributed by atoms with Crippen molar-refractivity contribution < 1.29 is 4.79 Å². The van der Waals surface area contributed by atoms with Crippen LogP contribution in [0.5, 0.6) is 0 Å². The summed E-state index contributed by atoms with van der Waals surface area (Å²) in [4.78, 5) is 24.7. The number of rotatable bonds is 2. The van der Waals surface area contributed by atoms with Crippen molar-refractivity contribution in [3.8, 4) is 6.07 Å². The van der Waals surface area contributed by atoms with E-state index in [-0.39, 0.29) is 6.03 Å². The van der Waals surface area contributed by atoms with Crippen molar-refractivity contribution in [2.75, 3.05) is 16.3 Å². The number of fused-ring (bicyclic) bond motifs is 1. The number of hydrogen-bond donors (Lipinski definition) is 0. The molecule has 122 valence electrons. The van der Waals surface area contributed by atoms with Crippen LogP contribution in [0.15, 0.2) is 55.0 Å². The number of hydrogen-bond acceptors (Lipinski definition) is 4. The number of pyridine rings is 2. The lowest BCUT2D eigenvalue weighted by Crippen LogP contribution is -2.35. The van der Waals surface area contributed by atoms with Crippen molar-refractivity contribution in [1.29, 1.82) is 5.26 Å². The first-order valence-electron chi connectivity index (χ1n) is 7.95. The van der Waals surface area contributed by atoms with Crippen LogP contribution >= 0.6 is 0 Å². The average molecular weight is 329 g/mol. The summed E-state index contributed by atoms with van der Waals surface area (Å²) in [7, 11) is 0. The number of nitrogens with zero attached hydrogens (tertiary/aromatic N) is 5. The number of aromatic nitrogens is 2. The second-order valence-corrected chi connectivity index (χ2v) is 5.90. The smallest absolute Gasteiger partial charge is 0.289 e. The molecule has 1 atom stereocenters. The monoisotopic (exact) mass is 329 g/mol. The van der Waals surface area contributed by atoms with Crippen LogP contribution in [0.1, 0.15) is 5.69 Å². The van der Waals surface area contributed by atoms with Crippen molar-refractivity contribution >= 4 is 28.2 Å². The van der Waals surface area contributed by atoms with E-state index in [2.05, 4.69) is 16.0 Å². The first-order valence-corrected chi connectivity index (χ1v) is 7.95. The highest BCUT2D eigenvalue weighted by Gasteiger charge is 2.40. The first kappa shape index (κ1) is 15.1. The van der Waals surface area contributed by atoms with Crippen LogP contribution in [0.4, 0.5) is 16.2 Å². The summed E-state index contributed by atoms with van der Waals surface area (Å²) in [5.41, 5.74) is 2.13. The lowest BCUT2D eigenvalue weighted by molar-refractivity contribution is 0.255. The predicted molar refractivity (Wildman–Crippen MR) is 95.3 cm³/mol. The Morgan fingerprint density at radius 1 is 1.16 bits per heavy atom. The number of benzene rings is 1. The van der Waals surface area contributed by atoms with E-state index in [9.17, 15) is 10.1 Å². The van der Waals surface area contributed by atoms with Crippen molar-refractivity contribution in [3.05, 3.63) is 60.7 Å². The van der Waals surface area contributed by atoms with Crippen molar-refractivity contribution in [2.45, 2.75) is 13.0 Å². The second kappa shape index (κ2) is 5.87. The molecule has 3 heterocycles. The van der Waals surface area contributed by atoms with Gasteiger partial charge in [0.1, 0.15) is 6.04 Å².